The van der Waals surface area contributed by atoms with Crippen molar-refractivity contribution in [3.8, 4) is 5.75 Å². The molecular formula is C9H10O3. The van der Waals surface area contributed by atoms with Crippen molar-refractivity contribution in [2.45, 2.75) is 13.8 Å². The minimum Gasteiger partial charge on any atom is -0.489 e. The molecule has 0 radical (unpaired) electrons. The fourth-order valence-electron chi connectivity index (χ4n) is 1.04. The van der Waals surface area contributed by atoms with Crippen LogP contribution in [0, 0.1) is 0 Å². The highest BCUT2D eigenvalue weighted by Gasteiger charge is 2.21. The van der Waals surface area contributed by atoms with Gasteiger partial charge in [0.15, 0.2) is 5.75 Å². The maximum atomic E-state index is 10.9. The molecule has 12 heavy (non-hydrogen) atoms. The first-order valence-corrected chi connectivity index (χ1v) is 3.71. The van der Waals surface area contributed by atoms with Gasteiger partial charge in [-0.25, -0.2) is 0 Å². The van der Waals surface area contributed by atoms with Gasteiger partial charge in [-0.05, 0) is 19.4 Å². The topological polar surface area (TPSA) is 43.4 Å². The SMILES string of the molecule is C=C(C)c1c(OCC)c(=O)c1=O. The molecule has 1 rings (SSSR count). The first kappa shape index (κ1) is 8.71. The maximum absolute atomic E-state index is 10.9. The van der Waals surface area contributed by atoms with Crippen molar-refractivity contribution in [1.82, 2.24) is 0 Å². The van der Waals surface area contributed by atoms with Crippen molar-refractivity contribution in [2.24, 2.45) is 0 Å². The quantitative estimate of drug-likeness (QED) is 0.621. The van der Waals surface area contributed by atoms with E-state index in [0.717, 1.165) is 0 Å². The van der Waals surface area contributed by atoms with Gasteiger partial charge in [0.25, 0.3) is 5.43 Å². The fraction of sp³-hybridized carbons (Fsp3) is 0.333. The van der Waals surface area contributed by atoms with Crippen molar-refractivity contribution in [1.29, 1.82) is 0 Å². The van der Waals surface area contributed by atoms with E-state index in [4.69, 9.17) is 4.74 Å². The van der Waals surface area contributed by atoms with Crippen LogP contribution in [0.5, 0.6) is 5.75 Å². The van der Waals surface area contributed by atoms with Crippen LogP contribution >= 0.6 is 0 Å². The monoisotopic (exact) mass is 166 g/mol. The third-order valence-electron chi connectivity index (χ3n) is 1.58. The second kappa shape index (κ2) is 2.93. The zero-order chi connectivity index (χ0) is 9.30. The average Bonchev–Trinajstić information content (AvgIpc) is 2.02. The highest BCUT2D eigenvalue weighted by molar-refractivity contribution is 5.69. The smallest absolute Gasteiger partial charge is 0.268 e. The summed E-state index contributed by atoms with van der Waals surface area (Å²) in [6.45, 7) is 7.42. The van der Waals surface area contributed by atoms with E-state index in [-0.39, 0.29) is 5.75 Å². The van der Waals surface area contributed by atoms with Crippen LogP contribution in [0.25, 0.3) is 5.57 Å². The van der Waals surface area contributed by atoms with Gasteiger partial charge in [0, 0.05) is 0 Å². The standard InChI is InChI=1S/C9H10O3/c1-4-12-9-6(5(2)3)7(10)8(9)11/h2,4H2,1,3H3. The van der Waals surface area contributed by atoms with Crippen molar-refractivity contribution in [3.63, 3.8) is 0 Å². The summed E-state index contributed by atoms with van der Waals surface area (Å²) in [5.74, 6) is 0.176. The van der Waals surface area contributed by atoms with Crippen LogP contribution in [0.3, 0.4) is 0 Å². The van der Waals surface area contributed by atoms with Crippen LogP contribution in [-0.2, 0) is 0 Å². The van der Waals surface area contributed by atoms with Gasteiger partial charge in [-0.3, -0.25) is 9.59 Å². The predicted octanol–water partition coefficient (Wildman–Crippen LogP) is 0.714. The molecule has 0 saturated carbocycles. The molecule has 0 unspecified atom stereocenters. The summed E-state index contributed by atoms with van der Waals surface area (Å²) in [4.78, 5) is 21.8. The van der Waals surface area contributed by atoms with Gasteiger partial charge in [0.05, 0.1) is 12.2 Å². The molecule has 0 aliphatic carbocycles. The van der Waals surface area contributed by atoms with Gasteiger partial charge < -0.3 is 4.74 Å². The Morgan fingerprint density at radius 3 is 2.42 bits per heavy atom. The van der Waals surface area contributed by atoms with Crippen molar-refractivity contribution in [2.75, 3.05) is 6.61 Å². The largest absolute Gasteiger partial charge is 0.489 e. The summed E-state index contributed by atoms with van der Waals surface area (Å²) < 4.78 is 4.98. The van der Waals surface area contributed by atoms with E-state index in [1.54, 1.807) is 13.8 Å². The van der Waals surface area contributed by atoms with Gasteiger partial charge in [-0.15, -0.1) is 0 Å². The lowest BCUT2D eigenvalue weighted by atomic mass is 10.0. The molecule has 0 atom stereocenters. The van der Waals surface area contributed by atoms with Gasteiger partial charge in [-0.2, -0.15) is 0 Å². The Bertz CT molecular complexity index is 380. The van der Waals surface area contributed by atoms with Crippen molar-refractivity contribution >= 4 is 5.57 Å². The molecule has 1 aromatic carbocycles. The minimum absolute atomic E-state index is 0.176. The van der Waals surface area contributed by atoms with Gasteiger partial charge >= 0.3 is 0 Å². The van der Waals surface area contributed by atoms with Gasteiger partial charge in [0.2, 0.25) is 5.43 Å². The van der Waals surface area contributed by atoms with E-state index in [9.17, 15) is 9.59 Å². The summed E-state index contributed by atoms with van der Waals surface area (Å²) in [6, 6.07) is 0. The molecule has 0 aromatic heterocycles. The third kappa shape index (κ3) is 1.07. The molecule has 0 heterocycles. The first-order valence-electron chi connectivity index (χ1n) is 3.71. The Hall–Kier alpha value is -1.38. The molecule has 64 valence electrons. The number of rotatable bonds is 3. The zero-order valence-corrected chi connectivity index (χ0v) is 7.14. The Morgan fingerprint density at radius 1 is 1.42 bits per heavy atom. The highest BCUT2D eigenvalue weighted by Crippen LogP contribution is 2.18. The van der Waals surface area contributed by atoms with Crippen LogP contribution in [0.15, 0.2) is 16.2 Å². The Morgan fingerprint density at radius 2 is 2.00 bits per heavy atom. The minimum atomic E-state index is -0.533. The molecule has 1 aromatic rings. The molecule has 3 heteroatoms. The van der Waals surface area contributed by atoms with E-state index in [0.29, 0.717) is 17.7 Å². The van der Waals surface area contributed by atoms with E-state index < -0.39 is 10.9 Å². The molecule has 0 aliphatic heterocycles. The molecule has 0 amide bonds. The molecule has 0 aliphatic rings. The molecule has 0 bridgehead atoms. The summed E-state index contributed by atoms with van der Waals surface area (Å²) in [5.41, 5.74) is -0.0781. The Kier molecular flexibility index (Phi) is 2.13. The molecule has 3 nitrogen and oxygen atoms in total. The first-order chi connectivity index (χ1) is 5.59. The van der Waals surface area contributed by atoms with Crippen LogP contribution in [-0.4, -0.2) is 6.61 Å². The van der Waals surface area contributed by atoms with Crippen LogP contribution in [0.1, 0.15) is 19.4 Å². The molecule has 0 saturated heterocycles. The predicted molar refractivity (Wildman–Crippen MR) is 47.2 cm³/mol. The van der Waals surface area contributed by atoms with Gasteiger partial charge in [-0.1, -0.05) is 6.58 Å². The summed E-state index contributed by atoms with van der Waals surface area (Å²) in [7, 11) is 0. The summed E-state index contributed by atoms with van der Waals surface area (Å²) in [6.07, 6.45) is 0. The van der Waals surface area contributed by atoms with Crippen molar-refractivity contribution in [3.05, 3.63) is 32.6 Å². The molecular weight excluding hydrogens is 156 g/mol. The number of hydrogen-bond acceptors (Lipinski definition) is 3. The maximum Gasteiger partial charge on any atom is 0.268 e. The summed E-state index contributed by atoms with van der Waals surface area (Å²) >= 11 is 0. The lowest BCUT2D eigenvalue weighted by Gasteiger charge is -2.09. The lowest BCUT2D eigenvalue weighted by Crippen LogP contribution is -2.36. The van der Waals surface area contributed by atoms with E-state index in [1.165, 1.54) is 0 Å². The zero-order valence-electron chi connectivity index (χ0n) is 7.14. The van der Waals surface area contributed by atoms with Crippen LogP contribution in [0.2, 0.25) is 0 Å². The van der Waals surface area contributed by atoms with Crippen molar-refractivity contribution < 1.29 is 4.74 Å². The van der Waals surface area contributed by atoms with E-state index >= 15 is 0 Å². The molecule has 0 fully saturated rings. The Balaban J connectivity index is 3.14. The fourth-order valence-corrected chi connectivity index (χ4v) is 1.04. The van der Waals surface area contributed by atoms with Crippen LogP contribution in [0.4, 0.5) is 0 Å². The van der Waals surface area contributed by atoms with E-state index in [2.05, 4.69) is 6.58 Å². The molecule has 0 spiro atoms. The second-order valence-corrected chi connectivity index (χ2v) is 2.58. The normalized spacial score (nSPS) is 10.2. The lowest BCUT2D eigenvalue weighted by molar-refractivity contribution is 0.331. The highest BCUT2D eigenvalue weighted by atomic mass is 16.5. The number of ether oxygens (including phenoxy) is 1. The molecule has 0 N–H and O–H groups in total. The second-order valence-electron chi connectivity index (χ2n) is 2.58. The number of hydrogen-bond donors (Lipinski definition) is 0. The van der Waals surface area contributed by atoms with E-state index in [1.807, 2.05) is 0 Å². The summed E-state index contributed by atoms with van der Waals surface area (Å²) in [5, 5.41) is 0. The van der Waals surface area contributed by atoms with Crippen LogP contribution < -0.4 is 15.6 Å². The number of allylic oxidation sites excluding steroid dienone is 1. The Labute approximate surface area is 70.0 Å². The van der Waals surface area contributed by atoms with Gasteiger partial charge in [0.1, 0.15) is 0 Å². The third-order valence-corrected chi connectivity index (χ3v) is 1.58. The average molecular weight is 166 g/mol.